The molecule has 0 spiro atoms. The summed E-state index contributed by atoms with van der Waals surface area (Å²) >= 11 is 0. The minimum atomic E-state index is 0.00330. The van der Waals surface area contributed by atoms with Crippen LogP contribution in [-0.2, 0) is 6.54 Å². The van der Waals surface area contributed by atoms with Crippen LogP contribution in [0.3, 0.4) is 0 Å². The Labute approximate surface area is 135 Å². The average molecular weight is 311 g/mol. The van der Waals surface area contributed by atoms with Crippen molar-refractivity contribution in [2.24, 2.45) is 5.92 Å². The van der Waals surface area contributed by atoms with E-state index in [1.807, 2.05) is 30.5 Å². The van der Waals surface area contributed by atoms with E-state index >= 15 is 0 Å². The molecule has 1 aliphatic carbocycles. The van der Waals surface area contributed by atoms with Gasteiger partial charge in [0.15, 0.2) is 0 Å². The third-order valence-corrected chi connectivity index (χ3v) is 5.26. The molecule has 1 saturated carbocycles. The number of amides is 1. The number of fused-ring (bicyclic) bond motifs is 1. The van der Waals surface area contributed by atoms with Gasteiger partial charge in [0.2, 0.25) is 0 Å². The van der Waals surface area contributed by atoms with Crippen LogP contribution in [-0.4, -0.2) is 51.5 Å². The molecule has 0 radical (unpaired) electrons. The van der Waals surface area contributed by atoms with Gasteiger partial charge in [-0.05, 0) is 43.5 Å². The van der Waals surface area contributed by atoms with Crippen LogP contribution in [0.15, 0.2) is 36.7 Å². The fraction of sp³-hybridized carbons (Fsp3) is 0.471. The first-order valence-corrected chi connectivity index (χ1v) is 8.07. The molecular formula is C17H21N5O. The monoisotopic (exact) mass is 311 g/mol. The molecule has 5 rings (SSSR count). The van der Waals surface area contributed by atoms with E-state index in [9.17, 15) is 4.79 Å². The Morgan fingerprint density at radius 2 is 2.30 bits per heavy atom. The molecule has 6 nitrogen and oxygen atoms in total. The van der Waals surface area contributed by atoms with E-state index in [4.69, 9.17) is 0 Å². The molecule has 1 aromatic heterocycles. The average Bonchev–Trinajstić information content (AvgIpc) is 3.19. The molecule has 2 aromatic rings. The standard InChI is InChI=1S/C17H21N5O/c1-21-10-14-8-17(21,9-14)12-18-16(23)15-4-2-3-13(7-15)11-22-6-5-19-20-22/h2-7,14H,8-12H2,1H3,(H,18,23). The van der Waals surface area contributed by atoms with Crippen molar-refractivity contribution in [2.45, 2.75) is 24.9 Å². The zero-order chi connectivity index (χ0) is 15.9. The first kappa shape index (κ1) is 14.4. The van der Waals surface area contributed by atoms with Crippen LogP contribution < -0.4 is 5.32 Å². The highest BCUT2D eigenvalue weighted by molar-refractivity contribution is 5.94. The number of hydrogen-bond donors (Lipinski definition) is 1. The molecule has 1 aromatic carbocycles. The summed E-state index contributed by atoms with van der Waals surface area (Å²) in [4.78, 5) is 14.9. The predicted octanol–water partition coefficient (Wildman–Crippen LogP) is 1.15. The molecule has 1 N–H and O–H groups in total. The molecule has 0 atom stereocenters. The van der Waals surface area contributed by atoms with Crippen LogP contribution in [0, 0.1) is 5.92 Å². The second kappa shape index (κ2) is 5.45. The van der Waals surface area contributed by atoms with Gasteiger partial charge in [-0.1, -0.05) is 17.3 Å². The van der Waals surface area contributed by atoms with Crippen molar-refractivity contribution in [3.63, 3.8) is 0 Å². The Bertz CT molecular complexity index is 706. The summed E-state index contributed by atoms with van der Waals surface area (Å²) in [6, 6.07) is 7.70. The first-order chi connectivity index (χ1) is 11.1. The van der Waals surface area contributed by atoms with Crippen LogP contribution in [0.25, 0.3) is 0 Å². The molecule has 2 bridgehead atoms. The van der Waals surface area contributed by atoms with E-state index in [-0.39, 0.29) is 11.4 Å². The van der Waals surface area contributed by atoms with Crippen molar-refractivity contribution >= 4 is 5.91 Å². The van der Waals surface area contributed by atoms with Gasteiger partial charge in [0, 0.05) is 30.4 Å². The lowest BCUT2D eigenvalue weighted by Crippen LogP contribution is -2.52. The Kier molecular flexibility index (Phi) is 3.41. The Hall–Kier alpha value is -2.21. The van der Waals surface area contributed by atoms with E-state index in [2.05, 4.69) is 27.6 Å². The van der Waals surface area contributed by atoms with Crippen LogP contribution in [0.2, 0.25) is 0 Å². The summed E-state index contributed by atoms with van der Waals surface area (Å²) in [5.74, 6) is 0.839. The summed E-state index contributed by atoms with van der Waals surface area (Å²) in [7, 11) is 2.16. The Morgan fingerprint density at radius 3 is 3.00 bits per heavy atom. The van der Waals surface area contributed by atoms with Crippen molar-refractivity contribution in [3.05, 3.63) is 47.8 Å². The number of carbonyl (C=O) groups excluding carboxylic acids is 1. The van der Waals surface area contributed by atoms with Gasteiger partial charge in [-0.25, -0.2) is 4.68 Å². The molecule has 2 saturated heterocycles. The third kappa shape index (κ3) is 2.63. The fourth-order valence-corrected chi connectivity index (χ4v) is 3.98. The maximum Gasteiger partial charge on any atom is 0.251 e. The Balaban J connectivity index is 1.40. The maximum absolute atomic E-state index is 12.5. The zero-order valence-corrected chi connectivity index (χ0v) is 13.3. The number of nitrogens with zero attached hydrogens (tertiary/aromatic N) is 4. The summed E-state index contributed by atoms with van der Waals surface area (Å²) in [6.45, 7) is 2.53. The summed E-state index contributed by atoms with van der Waals surface area (Å²) < 4.78 is 1.75. The number of hydrogen-bond acceptors (Lipinski definition) is 4. The van der Waals surface area contributed by atoms with Crippen LogP contribution in [0.4, 0.5) is 0 Å². The lowest BCUT2D eigenvalue weighted by molar-refractivity contribution is 0.0866. The highest BCUT2D eigenvalue weighted by atomic mass is 16.1. The molecule has 23 heavy (non-hydrogen) atoms. The van der Waals surface area contributed by atoms with Crippen LogP contribution in [0.1, 0.15) is 28.8 Å². The molecule has 120 valence electrons. The second-order valence-corrected chi connectivity index (χ2v) is 6.86. The summed E-state index contributed by atoms with van der Waals surface area (Å²) in [5.41, 5.74) is 1.96. The maximum atomic E-state index is 12.5. The molecule has 2 aliphatic heterocycles. The minimum Gasteiger partial charge on any atom is -0.350 e. The van der Waals surface area contributed by atoms with Gasteiger partial charge in [-0.2, -0.15) is 0 Å². The summed E-state index contributed by atoms with van der Waals surface area (Å²) in [5, 5.41) is 10.9. The number of rotatable bonds is 5. The van der Waals surface area contributed by atoms with Gasteiger partial charge in [-0.3, -0.25) is 9.69 Å². The van der Waals surface area contributed by atoms with Gasteiger partial charge in [0.25, 0.3) is 5.91 Å². The molecule has 0 unspecified atom stereocenters. The van der Waals surface area contributed by atoms with Gasteiger partial charge >= 0.3 is 0 Å². The van der Waals surface area contributed by atoms with Gasteiger partial charge in [0.1, 0.15) is 0 Å². The van der Waals surface area contributed by atoms with E-state index in [1.165, 1.54) is 19.4 Å². The zero-order valence-electron chi connectivity index (χ0n) is 13.3. The largest absolute Gasteiger partial charge is 0.350 e. The SMILES string of the molecule is CN1CC2CC1(CNC(=O)c1cccc(Cn3ccnn3)c1)C2. The van der Waals surface area contributed by atoms with Gasteiger partial charge < -0.3 is 5.32 Å². The van der Waals surface area contributed by atoms with E-state index < -0.39 is 0 Å². The normalized spacial score (nSPS) is 26.0. The number of benzene rings is 1. The summed E-state index contributed by atoms with van der Waals surface area (Å²) in [6.07, 6.45) is 5.90. The van der Waals surface area contributed by atoms with Gasteiger partial charge in [0.05, 0.1) is 12.7 Å². The number of carbonyl (C=O) groups is 1. The van der Waals surface area contributed by atoms with Gasteiger partial charge in [-0.15, -0.1) is 5.10 Å². The first-order valence-electron chi connectivity index (χ1n) is 8.07. The molecule has 3 fully saturated rings. The van der Waals surface area contributed by atoms with E-state index in [0.717, 1.165) is 18.0 Å². The molecular weight excluding hydrogens is 290 g/mol. The predicted molar refractivity (Wildman–Crippen MR) is 86.0 cm³/mol. The lowest BCUT2D eigenvalue weighted by atomic mass is 9.73. The highest BCUT2D eigenvalue weighted by Crippen LogP contribution is 2.49. The van der Waals surface area contributed by atoms with Crippen LogP contribution >= 0.6 is 0 Å². The van der Waals surface area contributed by atoms with Crippen molar-refractivity contribution in [1.82, 2.24) is 25.2 Å². The topological polar surface area (TPSA) is 63.1 Å². The van der Waals surface area contributed by atoms with Crippen LogP contribution in [0.5, 0.6) is 0 Å². The molecule has 1 amide bonds. The van der Waals surface area contributed by atoms with E-state index in [0.29, 0.717) is 12.1 Å². The van der Waals surface area contributed by atoms with Crippen molar-refractivity contribution in [2.75, 3.05) is 20.1 Å². The third-order valence-electron chi connectivity index (χ3n) is 5.26. The van der Waals surface area contributed by atoms with Crippen molar-refractivity contribution < 1.29 is 4.79 Å². The number of nitrogens with one attached hydrogen (secondary N) is 1. The van der Waals surface area contributed by atoms with Crippen molar-refractivity contribution in [3.8, 4) is 0 Å². The minimum absolute atomic E-state index is 0.00330. The molecule has 3 heterocycles. The highest BCUT2D eigenvalue weighted by Gasteiger charge is 2.54. The second-order valence-electron chi connectivity index (χ2n) is 6.86. The fourth-order valence-electron chi connectivity index (χ4n) is 3.98. The van der Waals surface area contributed by atoms with E-state index in [1.54, 1.807) is 10.9 Å². The number of likely N-dealkylation sites (N-methyl/N-ethyl adjacent to an activating group) is 1. The lowest BCUT2D eigenvalue weighted by Gasteiger charge is -2.41. The quantitative estimate of drug-likeness (QED) is 0.900. The molecule has 6 heteroatoms. The van der Waals surface area contributed by atoms with Crippen molar-refractivity contribution in [1.29, 1.82) is 0 Å². The Morgan fingerprint density at radius 1 is 1.43 bits per heavy atom. The molecule has 3 aliphatic rings. The smallest absolute Gasteiger partial charge is 0.251 e. The number of aromatic nitrogens is 3.